The lowest BCUT2D eigenvalue weighted by Gasteiger charge is -2.32. The maximum atomic E-state index is 13.3. The van der Waals surface area contributed by atoms with Crippen LogP contribution in [0.4, 0.5) is 0 Å². The fourth-order valence-electron chi connectivity index (χ4n) is 3.75. The molecule has 1 aromatic heterocycles. The third-order valence-corrected chi connectivity index (χ3v) is 8.28. The van der Waals surface area contributed by atoms with Gasteiger partial charge < -0.3 is 15.2 Å². The van der Waals surface area contributed by atoms with E-state index in [4.69, 9.17) is 15.2 Å². The summed E-state index contributed by atoms with van der Waals surface area (Å²) in [5.41, 5.74) is 7.01. The SMILES string of the molecule is COc1ccc(S(=O)(=O)N2CCO[C@H](c3c(C(N)=O)sc4ccccc34)C2)cc1C. The first kappa shape index (κ1) is 20.8. The van der Waals surface area contributed by atoms with Gasteiger partial charge in [0.15, 0.2) is 0 Å². The minimum absolute atomic E-state index is 0.106. The van der Waals surface area contributed by atoms with Crippen LogP contribution in [0.3, 0.4) is 0 Å². The number of hydrogen-bond donors (Lipinski definition) is 1. The molecule has 1 fully saturated rings. The van der Waals surface area contributed by atoms with Crippen LogP contribution in [0.15, 0.2) is 47.4 Å². The predicted octanol–water partition coefficient (Wildman–Crippen LogP) is 3.08. The number of morpholine rings is 1. The number of rotatable bonds is 5. The lowest BCUT2D eigenvalue weighted by Crippen LogP contribution is -2.42. The van der Waals surface area contributed by atoms with E-state index in [0.717, 1.165) is 15.6 Å². The second-order valence-corrected chi connectivity index (χ2v) is 10.0. The second kappa shape index (κ2) is 7.99. The molecule has 1 aliphatic heterocycles. The van der Waals surface area contributed by atoms with Gasteiger partial charge in [-0.3, -0.25) is 4.79 Å². The van der Waals surface area contributed by atoms with Crippen molar-refractivity contribution >= 4 is 37.4 Å². The number of fused-ring (bicyclic) bond motifs is 1. The molecule has 1 aliphatic rings. The zero-order chi connectivity index (χ0) is 21.5. The molecule has 0 spiro atoms. The number of nitrogens with two attached hydrogens (primary N) is 1. The van der Waals surface area contributed by atoms with Gasteiger partial charge in [0.2, 0.25) is 10.0 Å². The second-order valence-electron chi connectivity index (χ2n) is 7.06. The van der Waals surface area contributed by atoms with E-state index in [1.54, 1.807) is 32.2 Å². The van der Waals surface area contributed by atoms with E-state index in [9.17, 15) is 13.2 Å². The van der Waals surface area contributed by atoms with Crippen molar-refractivity contribution in [2.24, 2.45) is 5.73 Å². The summed E-state index contributed by atoms with van der Waals surface area (Å²) in [6.45, 7) is 2.37. The van der Waals surface area contributed by atoms with E-state index in [0.29, 0.717) is 16.2 Å². The Morgan fingerprint density at radius 1 is 1.27 bits per heavy atom. The molecule has 1 amide bonds. The van der Waals surface area contributed by atoms with Crippen molar-refractivity contribution in [2.45, 2.75) is 17.9 Å². The molecule has 158 valence electrons. The highest BCUT2D eigenvalue weighted by atomic mass is 32.2. The van der Waals surface area contributed by atoms with E-state index >= 15 is 0 Å². The van der Waals surface area contributed by atoms with Gasteiger partial charge in [0.05, 0.1) is 29.6 Å². The summed E-state index contributed by atoms with van der Waals surface area (Å²) in [6, 6.07) is 12.4. The molecule has 4 rings (SSSR count). The van der Waals surface area contributed by atoms with Gasteiger partial charge in [0.25, 0.3) is 5.91 Å². The molecule has 2 N–H and O–H groups in total. The van der Waals surface area contributed by atoms with Crippen molar-refractivity contribution in [3.63, 3.8) is 0 Å². The van der Waals surface area contributed by atoms with Crippen molar-refractivity contribution in [3.8, 4) is 5.75 Å². The van der Waals surface area contributed by atoms with Crippen LogP contribution >= 0.6 is 11.3 Å². The smallest absolute Gasteiger partial charge is 0.259 e. The number of carbonyl (C=O) groups is 1. The third-order valence-electron chi connectivity index (χ3n) is 5.21. The minimum Gasteiger partial charge on any atom is -0.496 e. The summed E-state index contributed by atoms with van der Waals surface area (Å²) in [5, 5.41) is 0.862. The Hall–Kier alpha value is -2.46. The predicted molar refractivity (Wildman–Crippen MR) is 116 cm³/mol. The number of benzene rings is 2. The fourth-order valence-corrected chi connectivity index (χ4v) is 6.36. The number of carbonyl (C=O) groups excluding carboxylic acids is 1. The van der Waals surface area contributed by atoms with Gasteiger partial charge in [0, 0.05) is 23.4 Å². The lowest BCUT2D eigenvalue weighted by molar-refractivity contribution is -0.00188. The highest BCUT2D eigenvalue weighted by Crippen LogP contribution is 2.38. The van der Waals surface area contributed by atoms with Crippen LogP contribution in [0, 0.1) is 6.92 Å². The number of nitrogens with zero attached hydrogens (tertiary/aromatic N) is 1. The number of amides is 1. The van der Waals surface area contributed by atoms with E-state index < -0.39 is 22.0 Å². The van der Waals surface area contributed by atoms with Gasteiger partial charge in [-0.15, -0.1) is 11.3 Å². The lowest BCUT2D eigenvalue weighted by atomic mass is 10.0. The van der Waals surface area contributed by atoms with Crippen LogP contribution < -0.4 is 10.5 Å². The number of methoxy groups -OCH3 is 1. The van der Waals surface area contributed by atoms with Crippen LogP contribution in [0.2, 0.25) is 0 Å². The minimum atomic E-state index is -3.73. The fraction of sp³-hybridized carbons (Fsp3) is 0.286. The first-order chi connectivity index (χ1) is 14.3. The van der Waals surface area contributed by atoms with E-state index in [2.05, 4.69) is 0 Å². The van der Waals surface area contributed by atoms with Crippen LogP contribution in [-0.2, 0) is 14.8 Å². The molecule has 9 heteroatoms. The number of ether oxygens (including phenoxy) is 2. The van der Waals surface area contributed by atoms with Gasteiger partial charge in [-0.2, -0.15) is 4.31 Å². The molecular formula is C21H22N2O5S2. The molecule has 7 nitrogen and oxygen atoms in total. The molecule has 0 unspecified atom stereocenters. The number of sulfonamides is 1. The molecule has 0 saturated carbocycles. The summed E-state index contributed by atoms with van der Waals surface area (Å²) in [4.78, 5) is 12.7. The molecule has 1 atom stereocenters. The van der Waals surface area contributed by atoms with Crippen LogP contribution in [0.1, 0.15) is 26.9 Å². The Balaban J connectivity index is 1.71. The summed E-state index contributed by atoms with van der Waals surface area (Å²) in [5.74, 6) is 0.0882. The Labute approximate surface area is 179 Å². The number of primary amides is 1. The summed E-state index contributed by atoms with van der Waals surface area (Å²) in [7, 11) is -2.19. The number of aryl methyl sites for hydroxylation is 1. The van der Waals surface area contributed by atoms with Crippen molar-refractivity contribution in [1.82, 2.24) is 4.31 Å². The van der Waals surface area contributed by atoms with Gasteiger partial charge >= 0.3 is 0 Å². The van der Waals surface area contributed by atoms with E-state index in [-0.39, 0.29) is 24.6 Å². The Kier molecular flexibility index (Phi) is 5.54. The van der Waals surface area contributed by atoms with Gasteiger partial charge in [-0.1, -0.05) is 18.2 Å². The average molecular weight is 447 g/mol. The molecule has 2 aromatic carbocycles. The van der Waals surface area contributed by atoms with Crippen molar-refractivity contribution < 1.29 is 22.7 Å². The van der Waals surface area contributed by atoms with Crippen molar-refractivity contribution in [3.05, 3.63) is 58.5 Å². The van der Waals surface area contributed by atoms with Gasteiger partial charge in [0.1, 0.15) is 5.75 Å². The molecular weight excluding hydrogens is 424 g/mol. The largest absolute Gasteiger partial charge is 0.496 e. The average Bonchev–Trinajstić information content (AvgIpc) is 3.14. The zero-order valence-corrected chi connectivity index (χ0v) is 18.3. The molecule has 0 radical (unpaired) electrons. The normalized spacial score (nSPS) is 17.9. The van der Waals surface area contributed by atoms with Crippen LogP contribution in [0.5, 0.6) is 5.75 Å². The summed E-state index contributed by atoms with van der Waals surface area (Å²) < 4.78 is 40.0. The number of hydrogen-bond acceptors (Lipinski definition) is 6. The van der Waals surface area contributed by atoms with Crippen molar-refractivity contribution in [1.29, 1.82) is 0 Å². The highest BCUT2D eigenvalue weighted by Gasteiger charge is 2.34. The molecule has 0 aliphatic carbocycles. The Morgan fingerprint density at radius 3 is 2.73 bits per heavy atom. The first-order valence-corrected chi connectivity index (χ1v) is 11.7. The third kappa shape index (κ3) is 3.58. The Morgan fingerprint density at radius 2 is 2.03 bits per heavy atom. The van der Waals surface area contributed by atoms with Gasteiger partial charge in [-0.25, -0.2) is 8.42 Å². The maximum absolute atomic E-state index is 13.3. The summed E-state index contributed by atoms with van der Waals surface area (Å²) >= 11 is 1.30. The standard InChI is InChI=1S/C21H22N2O5S2/c1-13-11-14(7-8-16(13)27-2)30(25,26)23-9-10-28-17(12-23)19-15-5-3-4-6-18(15)29-20(19)21(22)24/h3-8,11,17H,9-10,12H2,1-2H3,(H2,22,24)/t17-/m0/s1. The molecule has 3 aromatic rings. The zero-order valence-electron chi connectivity index (χ0n) is 16.6. The monoisotopic (exact) mass is 446 g/mol. The van der Waals surface area contributed by atoms with Gasteiger partial charge in [-0.05, 0) is 42.1 Å². The van der Waals surface area contributed by atoms with E-state index in [1.165, 1.54) is 15.6 Å². The molecule has 0 bridgehead atoms. The first-order valence-electron chi connectivity index (χ1n) is 9.40. The quantitative estimate of drug-likeness (QED) is 0.649. The topological polar surface area (TPSA) is 98.9 Å². The Bertz CT molecular complexity index is 1220. The molecule has 30 heavy (non-hydrogen) atoms. The van der Waals surface area contributed by atoms with Crippen LogP contribution in [0.25, 0.3) is 10.1 Å². The van der Waals surface area contributed by atoms with E-state index in [1.807, 2.05) is 24.3 Å². The molecule has 2 heterocycles. The van der Waals surface area contributed by atoms with Crippen molar-refractivity contribution in [2.75, 3.05) is 26.8 Å². The van der Waals surface area contributed by atoms with Crippen LogP contribution in [-0.4, -0.2) is 45.4 Å². The highest BCUT2D eigenvalue weighted by molar-refractivity contribution is 7.89. The number of thiophene rings is 1. The summed E-state index contributed by atoms with van der Waals surface area (Å²) in [6.07, 6.45) is -0.577. The maximum Gasteiger partial charge on any atom is 0.259 e. The molecule has 1 saturated heterocycles.